The summed E-state index contributed by atoms with van der Waals surface area (Å²) in [6, 6.07) is 0. The van der Waals surface area contributed by atoms with E-state index in [1.165, 1.54) is 109 Å². The fourth-order valence-corrected chi connectivity index (χ4v) is 5.55. The van der Waals surface area contributed by atoms with Crippen molar-refractivity contribution in [2.45, 2.75) is 168 Å². The minimum atomic E-state index is -0.488. The lowest BCUT2D eigenvalue weighted by atomic mass is 9.84. The summed E-state index contributed by atoms with van der Waals surface area (Å²) in [6.07, 6.45) is 32.3. The van der Waals surface area contributed by atoms with E-state index in [0.717, 1.165) is 38.0 Å². The average Bonchev–Trinajstić information content (AvgIpc) is 2.93. The number of rotatable bonds is 26. The van der Waals surface area contributed by atoms with Crippen LogP contribution >= 0.6 is 0 Å². The van der Waals surface area contributed by atoms with E-state index in [0.29, 0.717) is 19.6 Å². The van der Waals surface area contributed by atoms with Crippen molar-refractivity contribution >= 4 is 11.9 Å². The maximum atomic E-state index is 12.7. The summed E-state index contributed by atoms with van der Waals surface area (Å²) >= 11 is 0. The van der Waals surface area contributed by atoms with Gasteiger partial charge in [-0.25, -0.2) is 0 Å². The number of esters is 2. The summed E-state index contributed by atoms with van der Waals surface area (Å²) in [4.78, 5) is 25.4. The summed E-state index contributed by atoms with van der Waals surface area (Å²) in [5.41, 5.74) is 0. The van der Waals surface area contributed by atoms with Gasteiger partial charge in [-0.05, 0) is 31.6 Å². The predicted molar refractivity (Wildman–Crippen MR) is 165 cm³/mol. The summed E-state index contributed by atoms with van der Waals surface area (Å²) < 4.78 is 11.1. The topological polar surface area (TPSA) is 52.6 Å². The molecule has 0 aliphatic heterocycles. The fourth-order valence-electron chi connectivity index (χ4n) is 5.55. The number of allylic oxidation sites excluding steroid dienone is 1. The van der Waals surface area contributed by atoms with Gasteiger partial charge in [-0.1, -0.05) is 155 Å². The number of carbonyl (C=O) groups is 2. The zero-order valence-electron chi connectivity index (χ0n) is 26.2. The number of hydrogen-bond donors (Lipinski definition) is 0. The molecule has 0 saturated carbocycles. The van der Waals surface area contributed by atoms with Crippen LogP contribution in [0, 0.1) is 17.8 Å². The van der Waals surface area contributed by atoms with Crippen LogP contribution in [0.1, 0.15) is 168 Å². The lowest BCUT2D eigenvalue weighted by molar-refractivity contribution is -0.159. The lowest BCUT2D eigenvalue weighted by Gasteiger charge is -2.24. The standard InChI is InChI=1S/C35H64O4/c1-4-5-6-7-8-9-10-11-12-13-14-15-16-17-19-24-29-38-34(36)32-27-22-23-28-33(32)35(37)39-30-25-20-18-21-26-31(2)3/h23,28,31-33H,4-22,24-27,29-30H2,1-3H3. The Labute approximate surface area is 242 Å². The number of hydrogen-bond acceptors (Lipinski definition) is 4. The van der Waals surface area contributed by atoms with Gasteiger partial charge in [-0.3, -0.25) is 9.59 Å². The van der Waals surface area contributed by atoms with E-state index < -0.39 is 11.8 Å². The van der Waals surface area contributed by atoms with Gasteiger partial charge in [0.1, 0.15) is 0 Å². The zero-order valence-corrected chi connectivity index (χ0v) is 26.2. The van der Waals surface area contributed by atoms with Crippen LogP contribution in [0.4, 0.5) is 0 Å². The lowest BCUT2D eigenvalue weighted by Crippen LogP contribution is -2.33. The highest BCUT2D eigenvalue weighted by molar-refractivity contribution is 5.83. The first-order valence-electron chi connectivity index (χ1n) is 17.1. The van der Waals surface area contributed by atoms with Crippen LogP contribution in [0.3, 0.4) is 0 Å². The van der Waals surface area contributed by atoms with Crippen LogP contribution in [0.15, 0.2) is 12.2 Å². The quantitative estimate of drug-likeness (QED) is 0.0613. The molecule has 1 aliphatic carbocycles. The Kier molecular flexibility index (Phi) is 23.5. The molecule has 0 aromatic heterocycles. The van der Waals surface area contributed by atoms with Gasteiger partial charge in [0.2, 0.25) is 0 Å². The van der Waals surface area contributed by atoms with E-state index in [-0.39, 0.29) is 11.9 Å². The smallest absolute Gasteiger partial charge is 0.313 e. The van der Waals surface area contributed by atoms with Crippen molar-refractivity contribution in [3.63, 3.8) is 0 Å². The summed E-state index contributed by atoms with van der Waals surface area (Å²) in [5, 5.41) is 0. The molecule has 0 aromatic carbocycles. The highest BCUT2D eigenvalue weighted by Crippen LogP contribution is 2.27. The van der Waals surface area contributed by atoms with Gasteiger partial charge in [0.15, 0.2) is 0 Å². The Bertz CT molecular complexity index is 612. The Morgan fingerprint density at radius 1 is 0.641 bits per heavy atom. The monoisotopic (exact) mass is 548 g/mol. The molecule has 0 bridgehead atoms. The molecule has 0 fully saturated rings. The highest BCUT2D eigenvalue weighted by Gasteiger charge is 2.35. The molecule has 0 radical (unpaired) electrons. The predicted octanol–water partition coefficient (Wildman–Crippen LogP) is 10.5. The molecule has 228 valence electrons. The Hall–Kier alpha value is -1.32. The van der Waals surface area contributed by atoms with E-state index in [9.17, 15) is 9.59 Å². The second kappa shape index (κ2) is 25.6. The summed E-state index contributed by atoms with van der Waals surface area (Å²) in [7, 11) is 0. The van der Waals surface area contributed by atoms with Crippen LogP contribution < -0.4 is 0 Å². The Morgan fingerprint density at radius 3 is 1.56 bits per heavy atom. The maximum Gasteiger partial charge on any atom is 0.313 e. The highest BCUT2D eigenvalue weighted by atomic mass is 16.5. The van der Waals surface area contributed by atoms with Crippen molar-refractivity contribution in [3.05, 3.63) is 12.2 Å². The first-order valence-corrected chi connectivity index (χ1v) is 17.1. The molecular formula is C35H64O4. The normalized spacial score (nSPS) is 17.0. The first kappa shape index (κ1) is 35.7. The molecule has 0 heterocycles. The SMILES string of the molecule is CCCCCCCCCCCCCCCCCCOC(=O)C1CCC=CC1C(=O)OCCCCCCC(C)C. The summed E-state index contributed by atoms with van der Waals surface area (Å²) in [5.74, 6) is -0.623. The van der Waals surface area contributed by atoms with Crippen LogP contribution in [-0.2, 0) is 19.1 Å². The Balaban J connectivity index is 2.01. The molecular weight excluding hydrogens is 484 g/mol. The molecule has 1 rings (SSSR count). The van der Waals surface area contributed by atoms with Crippen molar-refractivity contribution in [1.82, 2.24) is 0 Å². The Morgan fingerprint density at radius 2 is 1.08 bits per heavy atom. The molecule has 1 aliphatic rings. The third-order valence-electron chi connectivity index (χ3n) is 8.16. The molecule has 0 amide bonds. The second-order valence-electron chi connectivity index (χ2n) is 12.4. The second-order valence-corrected chi connectivity index (χ2v) is 12.4. The molecule has 39 heavy (non-hydrogen) atoms. The zero-order chi connectivity index (χ0) is 28.4. The van der Waals surface area contributed by atoms with Gasteiger partial charge < -0.3 is 9.47 Å². The van der Waals surface area contributed by atoms with Gasteiger partial charge in [0.25, 0.3) is 0 Å². The molecule has 4 heteroatoms. The van der Waals surface area contributed by atoms with E-state index >= 15 is 0 Å². The molecule has 2 atom stereocenters. The van der Waals surface area contributed by atoms with E-state index in [1.54, 1.807) is 0 Å². The van der Waals surface area contributed by atoms with Gasteiger partial charge in [-0.2, -0.15) is 0 Å². The van der Waals surface area contributed by atoms with E-state index in [2.05, 4.69) is 20.8 Å². The number of ether oxygens (including phenoxy) is 2. The van der Waals surface area contributed by atoms with Crippen molar-refractivity contribution in [2.75, 3.05) is 13.2 Å². The van der Waals surface area contributed by atoms with Gasteiger partial charge in [0, 0.05) is 0 Å². The average molecular weight is 549 g/mol. The first-order chi connectivity index (χ1) is 19.1. The number of unbranched alkanes of at least 4 members (excludes halogenated alkanes) is 18. The molecule has 2 unspecified atom stereocenters. The van der Waals surface area contributed by atoms with Crippen LogP contribution in [0.5, 0.6) is 0 Å². The minimum Gasteiger partial charge on any atom is -0.465 e. The molecule has 4 nitrogen and oxygen atoms in total. The van der Waals surface area contributed by atoms with Gasteiger partial charge >= 0.3 is 11.9 Å². The molecule has 0 saturated heterocycles. The van der Waals surface area contributed by atoms with Crippen molar-refractivity contribution < 1.29 is 19.1 Å². The van der Waals surface area contributed by atoms with Crippen molar-refractivity contribution in [2.24, 2.45) is 17.8 Å². The fraction of sp³-hybridized carbons (Fsp3) is 0.886. The molecule has 0 N–H and O–H groups in total. The summed E-state index contributed by atoms with van der Waals surface area (Å²) in [6.45, 7) is 7.70. The van der Waals surface area contributed by atoms with Gasteiger partial charge in [0.05, 0.1) is 25.0 Å². The van der Waals surface area contributed by atoms with Crippen molar-refractivity contribution in [1.29, 1.82) is 0 Å². The van der Waals surface area contributed by atoms with E-state index in [4.69, 9.17) is 9.47 Å². The third kappa shape index (κ3) is 20.2. The molecule has 0 aromatic rings. The van der Waals surface area contributed by atoms with Gasteiger partial charge in [-0.15, -0.1) is 0 Å². The van der Waals surface area contributed by atoms with E-state index in [1.807, 2.05) is 12.2 Å². The molecule has 0 spiro atoms. The third-order valence-corrected chi connectivity index (χ3v) is 8.16. The van der Waals surface area contributed by atoms with Crippen LogP contribution in [0.2, 0.25) is 0 Å². The minimum absolute atomic E-state index is 0.226. The van der Waals surface area contributed by atoms with Crippen LogP contribution in [0.25, 0.3) is 0 Å². The van der Waals surface area contributed by atoms with Crippen LogP contribution in [-0.4, -0.2) is 25.2 Å². The largest absolute Gasteiger partial charge is 0.465 e. The van der Waals surface area contributed by atoms with Crippen molar-refractivity contribution in [3.8, 4) is 0 Å². The maximum absolute atomic E-state index is 12.7. The number of carbonyl (C=O) groups excluding carboxylic acids is 2.